The highest BCUT2D eigenvalue weighted by Gasteiger charge is 2.39. The summed E-state index contributed by atoms with van der Waals surface area (Å²) in [5.41, 5.74) is 0.377. The van der Waals surface area contributed by atoms with Crippen LogP contribution >= 0.6 is 0 Å². The highest BCUT2D eigenvalue weighted by atomic mass is 16.2. The first-order valence-corrected chi connectivity index (χ1v) is 10.1. The molecule has 1 aromatic carbocycles. The molecule has 1 aromatic rings. The molecule has 0 unspecified atom stereocenters. The van der Waals surface area contributed by atoms with Gasteiger partial charge in [-0.1, -0.05) is 50.1 Å². The van der Waals surface area contributed by atoms with Crippen molar-refractivity contribution in [3.05, 3.63) is 35.9 Å². The van der Waals surface area contributed by atoms with Crippen LogP contribution in [0, 0.1) is 11.3 Å². The van der Waals surface area contributed by atoms with Gasteiger partial charge in [0.2, 0.25) is 11.8 Å². The third kappa shape index (κ3) is 5.58. The lowest BCUT2D eigenvalue weighted by Gasteiger charge is -2.36. The third-order valence-corrected chi connectivity index (χ3v) is 5.44. The second kappa shape index (κ2) is 9.75. The van der Waals surface area contributed by atoms with Crippen LogP contribution in [0.2, 0.25) is 0 Å². The molecular weight excluding hydrogens is 324 g/mol. The monoisotopic (exact) mass is 358 g/mol. The van der Waals surface area contributed by atoms with Crippen molar-refractivity contribution in [3.63, 3.8) is 0 Å². The summed E-state index contributed by atoms with van der Waals surface area (Å²) in [4.78, 5) is 27.2. The molecule has 1 N–H and O–H groups in total. The average Bonchev–Trinajstić information content (AvgIpc) is 2.66. The molecule has 0 atom stereocenters. The molecule has 2 rings (SSSR count). The predicted octanol–water partition coefficient (Wildman–Crippen LogP) is 3.80. The molecule has 0 bridgehead atoms. The van der Waals surface area contributed by atoms with Gasteiger partial charge in [0.1, 0.15) is 5.41 Å². The summed E-state index contributed by atoms with van der Waals surface area (Å²) < 4.78 is 0. The molecule has 0 radical (unpaired) electrons. The molecule has 4 heteroatoms. The minimum absolute atomic E-state index is 0.0383. The minimum Gasteiger partial charge on any atom is -0.355 e. The molecule has 0 saturated carbocycles. The predicted molar refractivity (Wildman–Crippen MR) is 106 cm³/mol. The Balaban J connectivity index is 1.81. The zero-order chi connectivity index (χ0) is 19.0. The topological polar surface area (TPSA) is 49.4 Å². The quantitative estimate of drug-likeness (QED) is 0.568. The minimum atomic E-state index is -0.988. The molecule has 0 spiro atoms. The third-order valence-electron chi connectivity index (χ3n) is 5.44. The molecule has 1 saturated heterocycles. The Bertz CT molecular complexity index is 575. The van der Waals surface area contributed by atoms with Gasteiger partial charge in [0.25, 0.3) is 0 Å². The van der Waals surface area contributed by atoms with Gasteiger partial charge in [0, 0.05) is 19.6 Å². The number of benzene rings is 1. The summed E-state index contributed by atoms with van der Waals surface area (Å²) in [7, 11) is 0. The van der Waals surface area contributed by atoms with E-state index in [-0.39, 0.29) is 11.8 Å². The van der Waals surface area contributed by atoms with Crippen LogP contribution in [0.25, 0.3) is 0 Å². The fourth-order valence-electron chi connectivity index (χ4n) is 3.58. The van der Waals surface area contributed by atoms with E-state index in [2.05, 4.69) is 36.5 Å². The molecule has 0 aliphatic carbocycles. The fraction of sp³-hybridized carbons (Fsp3) is 0.636. The van der Waals surface area contributed by atoms with Crippen LogP contribution in [0.5, 0.6) is 0 Å². The fourth-order valence-corrected chi connectivity index (χ4v) is 3.58. The number of nitrogens with one attached hydrogen (secondary N) is 1. The number of piperidine rings is 1. The lowest BCUT2D eigenvalue weighted by atomic mass is 9.86. The normalized spacial score (nSPS) is 15.7. The number of hydrogen-bond acceptors (Lipinski definition) is 2. The number of amides is 2. The van der Waals surface area contributed by atoms with Crippen molar-refractivity contribution in [1.29, 1.82) is 0 Å². The lowest BCUT2D eigenvalue weighted by molar-refractivity contribution is -0.149. The van der Waals surface area contributed by atoms with E-state index in [1.165, 1.54) is 5.56 Å². The highest BCUT2D eigenvalue weighted by Crippen LogP contribution is 2.26. The molecule has 4 nitrogen and oxygen atoms in total. The van der Waals surface area contributed by atoms with Gasteiger partial charge >= 0.3 is 0 Å². The van der Waals surface area contributed by atoms with Gasteiger partial charge in [-0.2, -0.15) is 0 Å². The zero-order valence-corrected chi connectivity index (χ0v) is 16.6. The molecule has 1 heterocycles. The van der Waals surface area contributed by atoms with Crippen LogP contribution in [0.15, 0.2) is 30.3 Å². The number of unbranched alkanes of at least 4 members (excludes halogenated alkanes) is 2. The Hall–Kier alpha value is -1.84. The van der Waals surface area contributed by atoms with E-state index in [0.717, 1.165) is 51.6 Å². The summed E-state index contributed by atoms with van der Waals surface area (Å²) in [6.45, 7) is 7.80. The van der Waals surface area contributed by atoms with Gasteiger partial charge < -0.3 is 10.2 Å². The molecule has 2 amide bonds. The maximum absolute atomic E-state index is 12.9. The van der Waals surface area contributed by atoms with Crippen LogP contribution < -0.4 is 5.32 Å². The van der Waals surface area contributed by atoms with Crippen molar-refractivity contribution in [2.75, 3.05) is 19.6 Å². The Morgan fingerprint density at radius 1 is 1.12 bits per heavy atom. The first kappa shape index (κ1) is 20.5. The average molecular weight is 359 g/mol. The van der Waals surface area contributed by atoms with Gasteiger partial charge in [-0.05, 0) is 51.0 Å². The van der Waals surface area contributed by atoms with Crippen LogP contribution in [0.1, 0.15) is 58.4 Å². The van der Waals surface area contributed by atoms with Gasteiger partial charge in [-0.3, -0.25) is 9.59 Å². The van der Waals surface area contributed by atoms with Crippen molar-refractivity contribution in [2.45, 2.75) is 59.3 Å². The van der Waals surface area contributed by atoms with E-state index in [9.17, 15) is 9.59 Å². The van der Waals surface area contributed by atoms with Gasteiger partial charge in [0.15, 0.2) is 0 Å². The number of rotatable bonds is 8. The summed E-state index contributed by atoms with van der Waals surface area (Å²) in [5, 5.41) is 2.93. The Kier molecular flexibility index (Phi) is 7.67. The largest absolute Gasteiger partial charge is 0.355 e. The summed E-state index contributed by atoms with van der Waals surface area (Å²) in [6.07, 6.45) is 6.28. The Morgan fingerprint density at radius 3 is 2.38 bits per heavy atom. The molecule has 1 aliphatic heterocycles. The lowest BCUT2D eigenvalue weighted by Crippen LogP contribution is -2.51. The molecule has 1 aliphatic rings. The zero-order valence-electron chi connectivity index (χ0n) is 16.6. The number of carbonyl (C=O) groups is 2. The first-order chi connectivity index (χ1) is 12.4. The van der Waals surface area contributed by atoms with Crippen molar-refractivity contribution in [2.24, 2.45) is 11.3 Å². The summed E-state index contributed by atoms with van der Waals surface area (Å²) >= 11 is 0. The van der Waals surface area contributed by atoms with Crippen molar-refractivity contribution < 1.29 is 9.59 Å². The number of nitrogens with zero attached hydrogens (tertiary/aromatic N) is 1. The Morgan fingerprint density at radius 2 is 1.77 bits per heavy atom. The SMILES string of the molecule is CCCCCNC(=O)C(C)(C)C(=O)N1CCC(Cc2ccccc2)CC1. The van der Waals surface area contributed by atoms with Crippen molar-refractivity contribution in [3.8, 4) is 0 Å². The maximum atomic E-state index is 12.9. The van der Waals surface area contributed by atoms with Crippen LogP contribution in [0.3, 0.4) is 0 Å². The molecule has 0 aromatic heterocycles. The van der Waals surface area contributed by atoms with Crippen LogP contribution in [-0.2, 0) is 16.0 Å². The van der Waals surface area contributed by atoms with E-state index < -0.39 is 5.41 Å². The highest BCUT2D eigenvalue weighted by molar-refractivity contribution is 6.04. The summed E-state index contributed by atoms with van der Waals surface area (Å²) in [6, 6.07) is 10.5. The van der Waals surface area contributed by atoms with E-state index in [1.54, 1.807) is 13.8 Å². The van der Waals surface area contributed by atoms with Crippen molar-refractivity contribution >= 4 is 11.8 Å². The van der Waals surface area contributed by atoms with Gasteiger partial charge in [0.05, 0.1) is 0 Å². The van der Waals surface area contributed by atoms with Crippen molar-refractivity contribution in [1.82, 2.24) is 10.2 Å². The van der Waals surface area contributed by atoms with Crippen LogP contribution in [-0.4, -0.2) is 36.3 Å². The van der Waals surface area contributed by atoms with E-state index >= 15 is 0 Å². The molecular formula is C22H34N2O2. The van der Waals surface area contributed by atoms with E-state index in [4.69, 9.17) is 0 Å². The smallest absolute Gasteiger partial charge is 0.237 e. The summed E-state index contributed by atoms with van der Waals surface area (Å²) in [5.74, 6) is 0.432. The second-order valence-corrected chi connectivity index (χ2v) is 8.01. The molecule has 144 valence electrons. The second-order valence-electron chi connectivity index (χ2n) is 8.01. The van der Waals surface area contributed by atoms with Gasteiger partial charge in [-0.25, -0.2) is 0 Å². The maximum Gasteiger partial charge on any atom is 0.237 e. The first-order valence-electron chi connectivity index (χ1n) is 10.1. The number of carbonyl (C=O) groups excluding carboxylic acids is 2. The number of hydrogen-bond donors (Lipinski definition) is 1. The van der Waals surface area contributed by atoms with E-state index in [1.807, 2.05) is 11.0 Å². The molecule has 26 heavy (non-hydrogen) atoms. The van der Waals surface area contributed by atoms with Gasteiger partial charge in [-0.15, -0.1) is 0 Å². The standard InChI is InChI=1S/C22H34N2O2/c1-4-5-9-14-23-20(25)22(2,3)21(26)24-15-12-19(13-16-24)17-18-10-7-6-8-11-18/h6-8,10-11,19H,4-5,9,12-17H2,1-3H3,(H,23,25). The Labute approximate surface area is 158 Å². The molecule has 1 fully saturated rings. The number of likely N-dealkylation sites (tertiary alicyclic amines) is 1. The van der Waals surface area contributed by atoms with E-state index in [0.29, 0.717) is 12.5 Å². The van der Waals surface area contributed by atoms with Crippen LogP contribution in [0.4, 0.5) is 0 Å².